The second-order valence-electron chi connectivity index (χ2n) is 5.06. The zero-order valence-corrected chi connectivity index (χ0v) is 15.0. The number of nitrogens with one attached hydrogen (secondary N) is 2. The SMILES string of the molecule is COc1ccc(OC)c(/C=N\NC(=O)CNC(=O)c2ccccc2Cl)c1. The minimum absolute atomic E-state index is 0.239. The molecule has 0 spiro atoms. The van der Waals surface area contributed by atoms with Gasteiger partial charge < -0.3 is 14.8 Å². The predicted octanol–water partition coefficient (Wildman–Crippen LogP) is 2.24. The minimum Gasteiger partial charge on any atom is -0.497 e. The fourth-order valence-electron chi connectivity index (χ4n) is 2.05. The maximum Gasteiger partial charge on any atom is 0.259 e. The summed E-state index contributed by atoms with van der Waals surface area (Å²) in [7, 11) is 3.08. The number of nitrogens with zero attached hydrogens (tertiary/aromatic N) is 1. The van der Waals surface area contributed by atoms with Crippen molar-refractivity contribution in [1.82, 2.24) is 10.7 Å². The molecule has 0 heterocycles. The normalized spacial score (nSPS) is 10.4. The summed E-state index contributed by atoms with van der Waals surface area (Å²) in [6.07, 6.45) is 1.43. The lowest BCUT2D eigenvalue weighted by molar-refractivity contribution is -0.120. The highest BCUT2D eigenvalue weighted by atomic mass is 35.5. The summed E-state index contributed by atoms with van der Waals surface area (Å²) in [6, 6.07) is 11.8. The molecule has 2 aromatic carbocycles. The smallest absolute Gasteiger partial charge is 0.259 e. The standard InChI is InChI=1S/C18H18ClN3O4/c1-25-13-7-8-16(26-2)12(9-13)10-21-22-17(23)11-20-18(24)14-5-3-4-6-15(14)19/h3-10H,11H2,1-2H3,(H,20,24)(H,22,23)/b21-10-. The van der Waals surface area contributed by atoms with E-state index in [0.717, 1.165) is 0 Å². The summed E-state index contributed by atoms with van der Waals surface area (Å²) in [5.74, 6) is 0.286. The van der Waals surface area contributed by atoms with E-state index in [1.165, 1.54) is 13.3 Å². The Morgan fingerprint density at radius 3 is 2.62 bits per heavy atom. The van der Waals surface area contributed by atoms with Gasteiger partial charge in [-0.3, -0.25) is 9.59 Å². The molecule has 2 rings (SSSR count). The number of hydrazone groups is 1. The van der Waals surface area contributed by atoms with Crippen LogP contribution in [0.3, 0.4) is 0 Å². The van der Waals surface area contributed by atoms with Crippen LogP contribution in [0.2, 0.25) is 5.02 Å². The number of carbonyl (C=O) groups excluding carboxylic acids is 2. The lowest BCUT2D eigenvalue weighted by Crippen LogP contribution is -2.35. The van der Waals surface area contributed by atoms with E-state index in [0.29, 0.717) is 27.6 Å². The quantitative estimate of drug-likeness (QED) is 0.573. The maximum atomic E-state index is 12.0. The Hall–Kier alpha value is -3.06. The monoisotopic (exact) mass is 375 g/mol. The Labute approximate surface area is 155 Å². The van der Waals surface area contributed by atoms with Gasteiger partial charge in [0.25, 0.3) is 11.8 Å². The Bertz CT molecular complexity index is 824. The van der Waals surface area contributed by atoms with Gasteiger partial charge in [0.2, 0.25) is 0 Å². The van der Waals surface area contributed by atoms with Crippen LogP contribution in [0.25, 0.3) is 0 Å². The van der Waals surface area contributed by atoms with Gasteiger partial charge in [0.05, 0.1) is 37.6 Å². The summed E-state index contributed by atoms with van der Waals surface area (Å²) in [5.41, 5.74) is 3.26. The molecule has 136 valence electrons. The van der Waals surface area contributed by atoms with E-state index in [1.807, 2.05) is 0 Å². The molecule has 26 heavy (non-hydrogen) atoms. The molecule has 0 saturated heterocycles. The van der Waals surface area contributed by atoms with Gasteiger partial charge >= 0.3 is 0 Å². The number of hydrogen-bond donors (Lipinski definition) is 2. The van der Waals surface area contributed by atoms with Gasteiger partial charge in [0.15, 0.2) is 0 Å². The van der Waals surface area contributed by atoms with E-state index in [4.69, 9.17) is 21.1 Å². The number of methoxy groups -OCH3 is 2. The van der Waals surface area contributed by atoms with Crippen LogP contribution in [0.15, 0.2) is 47.6 Å². The first kappa shape index (κ1) is 19.3. The molecule has 0 fully saturated rings. The van der Waals surface area contributed by atoms with E-state index in [-0.39, 0.29) is 6.54 Å². The number of carbonyl (C=O) groups is 2. The van der Waals surface area contributed by atoms with Crippen LogP contribution in [0, 0.1) is 0 Å². The van der Waals surface area contributed by atoms with Crippen molar-refractivity contribution in [2.45, 2.75) is 0 Å². The maximum absolute atomic E-state index is 12.0. The van der Waals surface area contributed by atoms with Gasteiger partial charge in [-0.05, 0) is 30.3 Å². The molecule has 0 unspecified atom stereocenters. The first-order chi connectivity index (χ1) is 12.5. The molecule has 0 saturated carbocycles. The zero-order valence-electron chi connectivity index (χ0n) is 14.3. The van der Waals surface area contributed by atoms with Gasteiger partial charge in [0, 0.05) is 5.56 Å². The van der Waals surface area contributed by atoms with Crippen LogP contribution >= 0.6 is 11.6 Å². The lowest BCUT2D eigenvalue weighted by Gasteiger charge is -2.07. The predicted molar refractivity (Wildman–Crippen MR) is 99.1 cm³/mol. The summed E-state index contributed by atoms with van der Waals surface area (Å²) in [4.78, 5) is 23.8. The van der Waals surface area contributed by atoms with E-state index < -0.39 is 11.8 Å². The third-order valence-electron chi connectivity index (χ3n) is 3.36. The molecule has 0 bridgehead atoms. The fourth-order valence-corrected chi connectivity index (χ4v) is 2.28. The summed E-state index contributed by atoms with van der Waals surface area (Å²) in [5, 5.41) is 6.64. The molecule has 7 nitrogen and oxygen atoms in total. The van der Waals surface area contributed by atoms with Gasteiger partial charge in [-0.25, -0.2) is 5.43 Å². The summed E-state index contributed by atoms with van der Waals surface area (Å²) < 4.78 is 10.3. The number of benzene rings is 2. The molecule has 0 aromatic heterocycles. The van der Waals surface area contributed by atoms with Gasteiger partial charge in [0.1, 0.15) is 11.5 Å². The van der Waals surface area contributed by atoms with Crippen molar-refractivity contribution in [2.24, 2.45) is 5.10 Å². The van der Waals surface area contributed by atoms with Crippen molar-refractivity contribution in [1.29, 1.82) is 0 Å². The van der Waals surface area contributed by atoms with Crippen molar-refractivity contribution in [3.05, 3.63) is 58.6 Å². The number of amides is 2. The molecule has 8 heteroatoms. The third kappa shape index (κ3) is 5.22. The van der Waals surface area contributed by atoms with E-state index in [1.54, 1.807) is 49.6 Å². The fraction of sp³-hybridized carbons (Fsp3) is 0.167. The average Bonchev–Trinajstić information content (AvgIpc) is 2.66. The van der Waals surface area contributed by atoms with Crippen LogP contribution in [-0.4, -0.2) is 38.8 Å². The Morgan fingerprint density at radius 1 is 1.15 bits per heavy atom. The van der Waals surface area contributed by atoms with E-state index >= 15 is 0 Å². The number of hydrogen-bond acceptors (Lipinski definition) is 5. The van der Waals surface area contributed by atoms with Gasteiger partial charge in [-0.1, -0.05) is 23.7 Å². The molecule has 0 atom stereocenters. The third-order valence-corrected chi connectivity index (χ3v) is 3.69. The Kier molecular flexibility index (Phi) is 6.99. The van der Waals surface area contributed by atoms with Crippen molar-refractivity contribution in [3.63, 3.8) is 0 Å². The van der Waals surface area contributed by atoms with E-state index in [2.05, 4.69) is 15.8 Å². The molecule has 0 aliphatic carbocycles. The summed E-state index contributed by atoms with van der Waals surface area (Å²) in [6.45, 7) is -0.239. The van der Waals surface area contributed by atoms with Crippen LogP contribution in [0.4, 0.5) is 0 Å². The topological polar surface area (TPSA) is 89.0 Å². The number of rotatable bonds is 7. The van der Waals surface area contributed by atoms with Crippen molar-refractivity contribution in [2.75, 3.05) is 20.8 Å². The van der Waals surface area contributed by atoms with Crippen molar-refractivity contribution < 1.29 is 19.1 Å². The lowest BCUT2D eigenvalue weighted by atomic mass is 10.2. The van der Waals surface area contributed by atoms with Crippen LogP contribution in [-0.2, 0) is 4.79 Å². The van der Waals surface area contributed by atoms with E-state index in [9.17, 15) is 9.59 Å². The van der Waals surface area contributed by atoms with Crippen LogP contribution < -0.4 is 20.2 Å². The first-order valence-electron chi connectivity index (χ1n) is 7.61. The Balaban J connectivity index is 1.90. The second-order valence-corrected chi connectivity index (χ2v) is 5.47. The molecule has 0 aliphatic rings. The van der Waals surface area contributed by atoms with Crippen LogP contribution in [0.1, 0.15) is 15.9 Å². The average molecular weight is 376 g/mol. The molecule has 0 aliphatic heterocycles. The highest BCUT2D eigenvalue weighted by Gasteiger charge is 2.10. The second kappa shape index (κ2) is 9.43. The largest absolute Gasteiger partial charge is 0.497 e. The van der Waals surface area contributed by atoms with Crippen molar-refractivity contribution >= 4 is 29.6 Å². The summed E-state index contributed by atoms with van der Waals surface area (Å²) >= 11 is 5.93. The van der Waals surface area contributed by atoms with Gasteiger partial charge in [-0.15, -0.1) is 0 Å². The highest BCUT2D eigenvalue weighted by molar-refractivity contribution is 6.33. The minimum atomic E-state index is -0.483. The van der Waals surface area contributed by atoms with Crippen molar-refractivity contribution in [3.8, 4) is 11.5 Å². The number of halogens is 1. The molecule has 2 amide bonds. The van der Waals surface area contributed by atoms with Gasteiger partial charge in [-0.2, -0.15) is 5.10 Å². The molecule has 2 aromatic rings. The number of ether oxygens (including phenoxy) is 2. The Morgan fingerprint density at radius 2 is 1.92 bits per heavy atom. The van der Waals surface area contributed by atoms with Crippen LogP contribution in [0.5, 0.6) is 11.5 Å². The molecule has 0 radical (unpaired) electrons. The molecule has 2 N–H and O–H groups in total. The zero-order chi connectivity index (χ0) is 18.9. The molecular formula is C18H18ClN3O4. The molecular weight excluding hydrogens is 358 g/mol. The first-order valence-corrected chi connectivity index (χ1v) is 7.99. The highest BCUT2D eigenvalue weighted by Crippen LogP contribution is 2.22.